The van der Waals surface area contributed by atoms with E-state index in [9.17, 15) is 26.3 Å². The fourth-order valence-electron chi connectivity index (χ4n) is 6.70. The van der Waals surface area contributed by atoms with Crippen molar-refractivity contribution in [3.05, 3.63) is 76.4 Å². The van der Waals surface area contributed by atoms with Crippen molar-refractivity contribution in [3.8, 4) is 11.3 Å². The van der Waals surface area contributed by atoms with Crippen LogP contribution in [0, 0.1) is 18.8 Å². The number of aromatic amines is 2. The third-order valence-corrected chi connectivity index (χ3v) is 9.46. The predicted octanol–water partition coefficient (Wildman–Crippen LogP) is 8.61. The molecule has 0 amide bonds. The number of rotatable bonds is 11. The maximum atomic E-state index is 14.0. The number of hydrogen-bond donors (Lipinski definition) is 2. The van der Waals surface area contributed by atoms with E-state index in [1.54, 1.807) is 29.6 Å². The number of hydrogen-bond acceptors (Lipinski definition) is 7. The van der Waals surface area contributed by atoms with Gasteiger partial charge >= 0.3 is 12.4 Å². The van der Waals surface area contributed by atoms with Crippen LogP contribution in [0.15, 0.2) is 42.9 Å². The average Bonchev–Trinajstić information content (AvgIpc) is 3.97. The third kappa shape index (κ3) is 7.66. The number of fused-ring (bicyclic) bond motifs is 1. The van der Waals surface area contributed by atoms with Crippen molar-refractivity contribution in [1.82, 2.24) is 35.3 Å². The fourth-order valence-corrected chi connectivity index (χ4v) is 6.70. The molecule has 2 fully saturated rings. The molecule has 9 nitrogen and oxygen atoms in total. The van der Waals surface area contributed by atoms with Crippen LogP contribution in [0.25, 0.3) is 22.3 Å². The molecule has 5 aromatic rings. The lowest BCUT2D eigenvalue weighted by Crippen LogP contribution is -2.34. The number of pyridine rings is 1. The fraction of sp³-hybridized carbons (Fsp3) is 0.472. The molecule has 0 unspecified atom stereocenters. The number of H-pyrrole nitrogens is 2. The number of benzene rings is 1. The SMILES string of the molecule is Cc1[nH]nc2nc(N(CC3CC3)CC3CC3)c(CN(Cc3cc(C(F)(F)F)cc(C(F)(F)F)c3)c3ncc(-c4ccn[nH]4)cn3)c(C(C)(C)C)c12. The van der Waals surface area contributed by atoms with Crippen LogP contribution in [0.2, 0.25) is 0 Å². The van der Waals surface area contributed by atoms with Crippen LogP contribution in [0.4, 0.5) is 38.1 Å². The number of aryl methyl sites for hydroxylation is 1. The molecule has 2 aliphatic carbocycles. The number of nitrogens with zero attached hydrogens (tertiary/aromatic N) is 7. The van der Waals surface area contributed by atoms with Crippen molar-refractivity contribution < 1.29 is 26.3 Å². The molecule has 2 aliphatic rings. The van der Waals surface area contributed by atoms with Gasteiger partial charge in [-0.25, -0.2) is 15.0 Å². The molecule has 4 heterocycles. The number of nitrogens with one attached hydrogen (secondary N) is 2. The Morgan fingerprint density at radius 3 is 1.92 bits per heavy atom. The van der Waals surface area contributed by atoms with Crippen molar-refractivity contribution in [2.75, 3.05) is 22.9 Å². The van der Waals surface area contributed by atoms with E-state index in [1.807, 2.05) is 6.92 Å². The van der Waals surface area contributed by atoms with Gasteiger partial charge in [-0.15, -0.1) is 0 Å². The second kappa shape index (κ2) is 12.8. The summed E-state index contributed by atoms with van der Waals surface area (Å²) in [7, 11) is 0. The molecule has 51 heavy (non-hydrogen) atoms. The molecule has 15 heteroatoms. The van der Waals surface area contributed by atoms with Crippen LogP contribution < -0.4 is 9.80 Å². The topological polar surface area (TPSA) is 103 Å². The van der Waals surface area contributed by atoms with E-state index in [1.165, 1.54) is 0 Å². The van der Waals surface area contributed by atoms with Crippen molar-refractivity contribution in [2.24, 2.45) is 11.8 Å². The highest BCUT2D eigenvalue weighted by Crippen LogP contribution is 2.43. The minimum Gasteiger partial charge on any atom is -0.356 e. The lowest BCUT2D eigenvalue weighted by Gasteiger charge is -2.34. The van der Waals surface area contributed by atoms with Gasteiger partial charge < -0.3 is 9.80 Å². The summed E-state index contributed by atoms with van der Waals surface area (Å²) in [6.07, 6.45) is -0.833. The summed E-state index contributed by atoms with van der Waals surface area (Å²) in [4.78, 5) is 18.3. The monoisotopic (exact) mass is 711 g/mol. The van der Waals surface area contributed by atoms with Crippen molar-refractivity contribution in [1.29, 1.82) is 0 Å². The molecule has 1 aromatic carbocycles. The summed E-state index contributed by atoms with van der Waals surface area (Å²) in [6.45, 7) is 9.47. The van der Waals surface area contributed by atoms with E-state index in [0.29, 0.717) is 28.7 Å². The first-order valence-corrected chi connectivity index (χ1v) is 17.0. The molecule has 4 aromatic heterocycles. The van der Waals surface area contributed by atoms with Gasteiger partial charge in [0.1, 0.15) is 5.82 Å². The molecule has 0 radical (unpaired) electrons. The Labute approximate surface area is 290 Å². The van der Waals surface area contributed by atoms with Crippen LogP contribution in [0.1, 0.15) is 80.0 Å². The first kappa shape index (κ1) is 34.7. The van der Waals surface area contributed by atoms with Gasteiger partial charge in [-0.2, -0.15) is 36.5 Å². The third-order valence-electron chi connectivity index (χ3n) is 9.46. The maximum absolute atomic E-state index is 14.0. The highest BCUT2D eigenvalue weighted by atomic mass is 19.4. The highest BCUT2D eigenvalue weighted by molar-refractivity contribution is 5.87. The number of anilines is 2. The number of halogens is 6. The quantitative estimate of drug-likeness (QED) is 0.132. The van der Waals surface area contributed by atoms with Crippen LogP contribution in [-0.4, -0.2) is 48.4 Å². The van der Waals surface area contributed by atoms with E-state index in [2.05, 4.69) is 56.0 Å². The Bertz CT molecular complexity index is 1960. The molecule has 0 saturated heterocycles. The molecular weight excluding hydrogens is 672 g/mol. The summed E-state index contributed by atoms with van der Waals surface area (Å²) in [5.74, 6) is 1.90. The van der Waals surface area contributed by atoms with Gasteiger partial charge in [0.05, 0.1) is 23.4 Å². The normalized spacial score (nSPS) is 15.5. The van der Waals surface area contributed by atoms with Crippen molar-refractivity contribution in [3.63, 3.8) is 0 Å². The molecule has 2 saturated carbocycles. The van der Waals surface area contributed by atoms with Crippen LogP contribution in [0.3, 0.4) is 0 Å². The standard InChI is InChI=1S/C36H39F6N9/c1-20-29-30(34(2,3)4)27(32(46-31(29)49-47-20)50(16-21-5-6-21)17-22-7-8-22)19-51(33-43-14-24(15-44-33)28-9-10-45-48-28)18-23-11-25(35(37,38)39)13-26(12-23)36(40,41)42/h9-15,21-22H,5-8,16-19H2,1-4H3,(H,45,48)(H,46,47,49). The highest BCUT2D eigenvalue weighted by Gasteiger charge is 2.38. The van der Waals surface area contributed by atoms with Crippen LogP contribution >= 0.6 is 0 Å². The second-order valence-corrected chi connectivity index (χ2v) is 14.9. The summed E-state index contributed by atoms with van der Waals surface area (Å²) < 4.78 is 83.9. The first-order valence-electron chi connectivity index (χ1n) is 17.0. The summed E-state index contributed by atoms with van der Waals surface area (Å²) in [6, 6.07) is 3.41. The molecule has 7 rings (SSSR count). The molecule has 270 valence electrons. The van der Waals surface area contributed by atoms with Crippen LogP contribution in [0.5, 0.6) is 0 Å². The van der Waals surface area contributed by atoms with Gasteiger partial charge in [-0.1, -0.05) is 20.8 Å². The van der Waals surface area contributed by atoms with Gasteiger partial charge in [-0.3, -0.25) is 10.2 Å². The van der Waals surface area contributed by atoms with E-state index >= 15 is 0 Å². The Morgan fingerprint density at radius 2 is 1.41 bits per heavy atom. The molecule has 0 bridgehead atoms. The first-order chi connectivity index (χ1) is 24.0. The average molecular weight is 712 g/mol. The van der Waals surface area contributed by atoms with Crippen molar-refractivity contribution >= 4 is 22.8 Å². The lowest BCUT2D eigenvalue weighted by atomic mass is 9.81. The van der Waals surface area contributed by atoms with Crippen molar-refractivity contribution in [2.45, 2.75) is 84.2 Å². The van der Waals surface area contributed by atoms with Gasteiger partial charge in [0, 0.05) is 60.4 Å². The largest absolute Gasteiger partial charge is 0.416 e. The molecular formula is C36H39F6N9. The second-order valence-electron chi connectivity index (χ2n) is 14.9. The van der Waals surface area contributed by atoms with Gasteiger partial charge in [-0.05, 0) is 85.3 Å². The summed E-state index contributed by atoms with van der Waals surface area (Å²) in [5, 5.41) is 15.3. The minimum absolute atomic E-state index is 0.0579. The van der Waals surface area contributed by atoms with Gasteiger partial charge in [0.2, 0.25) is 5.95 Å². The zero-order valence-corrected chi connectivity index (χ0v) is 28.8. The molecule has 0 spiro atoms. The number of alkyl halides is 6. The maximum Gasteiger partial charge on any atom is 0.416 e. The summed E-state index contributed by atoms with van der Waals surface area (Å²) >= 11 is 0. The van der Waals surface area contributed by atoms with E-state index in [-0.39, 0.29) is 30.7 Å². The lowest BCUT2D eigenvalue weighted by molar-refractivity contribution is -0.143. The van der Waals surface area contributed by atoms with E-state index in [0.717, 1.165) is 78.9 Å². The van der Waals surface area contributed by atoms with E-state index in [4.69, 9.17) is 4.98 Å². The Kier molecular flexibility index (Phi) is 8.73. The van der Waals surface area contributed by atoms with E-state index < -0.39 is 28.9 Å². The predicted molar refractivity (Wildman–Crippen MR) is 181 cm³/mol. The van der Waals surface area contributed by atoms with Gasteiger partial charge in [0.15, 0.2) is 5.65 Å². The minimum atomic E-state index is -4.99. The molecule has 0 atom stereocenters. The Morgan fingerprint density at radius 1 is 0.804 bits per heavy atom. The molecule has 0 aliphatic heterocycles. The van der Waals surface area contributed by atoms with Crippen LogP contribution in [-0.2, 0) is 30.9 Å². The molecule has 2 N–H and O–H groups in total. The smallest absolute Gasteiger partial charge is 0.356 e. The number of aromatic nitrogens is 7. The Hall–Kier alpha value is -4.69. The summed E-state index contributed by atoms with van der Waals surface area (Å²) in [5.41, 5.74) is 1.00. The zero-order chi connectivity index (χ0) is 36.3. The zero-order valence-electron chi connectivity index (χ0n) is 28.8. The van der Waals surface area contributed by atoms with Gasteiger partial charge in [0.25, 0.3) is 0 Å². The Balaban J connectivity index is 1.41.